The molecule has 1 aliphatic heterocycles. The van der Waals surface area contributed by atoms with E-state index in [0.29, 0.717) is 10.9 Å². The highest BCUT2D eigenvalue weighted by molar-refractivity contribution is 7.99. The first kappa shape index (κ1) is 24.8. The number of hydrogen-bond acceptors (Lipinski definition) is 11. The molecule has 1 saturated heterocycles. The zero-order valence-corrected chi connectivity index (χ0v) is 19.8. The third kappa shape index (κ3) is 5.73. The van der Waals surface area contributed by atoms with Gasteiger partial charge in [0.25, 0.3) is 0 Å². The van der Waals surface area contributed by atoms with E-state index >= 15 is 0 Å². The topological polar surface area (TPSA) is 135 Å². The number of fused-ring (bicyclic) bond motifs is 1. The number of hydrogen-bond donors (Lipinski definition) is 0. The number of esters is 1. The Morgan fingerprint density at radius 3 is 2.78 bits per heavy atom. The number of aliphatic imine (C=N–C) groups is 1. The number of carbonyl (C=O) groups is 1. The predicted octanol–water partition coefficient (Wildman–Crippen LogP) is 3.48. The van der Waals surface area contributed by atoms with E-state index in [4.69, 9.17) is 30.5 Å². The van der Waals surface area contributed by atoms with Crippen LogP contribution in [0.5, 0.6) is 0 Å². The molecule has 1 aliphatic carbocycles. The van der Waals surface area contributed by atoms with Crippen molar-refractivity contribution in [3.8, 4) is 0 Å². The largest absolute Gasteiger partial charge is 0.464 e. The first-order valence-electron chi connectivity index (χ1n) is 10.2. The van der Waals surface area contributed by atoms with Crippen LogP contribution in [-0.4, -0.2) is 69.6 Å². The molecule has 3 rings (SSSR count). The Labute approximate surface area is 194 Å². The van der Waals surface area contributed by atoms with Crippen LogP contribution in [0.4, 0.5) is 11.5 Å². The molecule has 0 bridgehead atoms. The third-order valence-electron chi connectivity index (χ3n) is 4.62. The lowest BCUT2D eigenvalue weighted by atomic mass is 10.2. The number of carbonyl (C=O) groups excluding carboxylic acids is 1. The number of nitrogens with zero attached hydrogens (tertiary/aromatic N) is 4. The van der Waals surface area contributed by atoms with Crippen LogP contribution in [-0.2, 0) is 23.7 Å². The normalized spacial score (nSPS) is 25.2. The summed E-state index contributed by atoms with van der Waals surface area (Å²) in [6, 6.07) is 0. The maximum absolute atomic E-state index is 11.7. The van der Waals surface area contributed by atoms with E-state index in [-0.39, 0.29) is 30.6 Å². The second kappa shape index (κ2) is 10.4. The van der Waals surface area contributed by atoms with Crippen molar-refractivity contribution in [3.63, 3.8) is 0 Å². The molecule has 2 heterocycles. The molecule has 176 valence electrons. The molecule has 1 aromatic rings. The summed E-state index contributed by atoms with van der Waals surface area (Å²) in [5.74, 6) is -0.839. The minimum Gasteiger partial charge on any atom is -0.464 e. The summed E-state index contributed by atoms with van der Waals surface area (Å²) in [5.41, 5.74) is -0.0237. The molecular formula is C19H25ClN4O7S. The van der Waals surface area contributed by atoms with Crippen LogP contribution < -0.4 is 0 Å². The summed E-state index contributed by atoms with van der Waals surface area (Å²) in [4.78, 5) is 35.4. The number of ether oxygens (including phenoxy) is 4. The van der Waals surface area contributed by atoms with Crippen molar-refractivity contribution >= 4 is 46.5 Å². The summed E-state index contributed by atoms with van der Waals surface area (Å²) in [5, 5.41) is 11.6. The third-order valence-corrected chi connectivity index (χ3v) is 5.94. The lowest BCUT2D eigenvalue weighted by molar-refractivity contribution is -0.384. The second-order valence-electron chi connectivity index (χ2n) is 7.56. The van der Waals surface area contributed by atoms with Gasteiger partial charge in [0.15, 0.2) is 10.9 Å². The molecule has 1 aromatic heterocycles. The van der Waals surface area contributed by atoms with Gasteiger partial charge in [-0.2, -0.15) is 4.98 Å². The molecule has 2 aliphatic rings. The highest BCUT2D eigenvalue weighted by Gasteiger charge is 2.53. The van der Waals surface area contributed by atoms with Gasteiger partial charge in [0.1, 0.15) is 18.8 Å². The van der Waals surface area contributed by atoms with Crippen molar-refractivity contribution in [2.75, 3.05) is 19.0 Å². The lowest BCUT2D eigenvalue weighted by Crippen LogP contribution is -2.32. The molecule has 0 unspecified atom stereocenters. The van der Waals surface area contributed by atoms with Crippen LogP contribution in [0.3, 0.4) is 0 Å². The van der Waals surface area contributed by atoms with Crippen LogP contribution in [0.2, 0.25) is 5.15 Å². The molecule has 1 saturated carbocycles. The summed E-state index contributed by atoms with van der Waals surface area (Å²) in [6.45, 7) is 7.18. The first-order chi connectivity index (χ1) is 15.1. The van der Waals surface area contributed by atoms with Gasteiger partial charge in [-0.1, -0.05) is 30.3 Å². The van der Waals surface area contributed by atoms with Crippen LogP contribution in [0.25, 0.3) is 0 Å². The Morgan fingerprint density at radius 1 is 1.38 bits per heavy atom. The average molecular weight is 489 g/mol. The summed E-state index contributed by atoms with van der Waals surface area (Å²) < 4.78 is 22.5. The molecule has 3 atom stereocenters. The zero-order valence-electron chi connectivity index (χ0n) is 18.2. The fourth-order valence-corrected chi connectivity index (χ4v) is 4.40. The van der Waals surface area contributed by atoms with Gasteiger partial charge in [0.2, 0.25) is 11.0 Å². The van der Waals surface area contributed by atoms with Crippen molar-refractivity contribution in [3.05, 3.63) is 15.3 Å². The molecule has 0 radical (unpaired) electrons. The van der Waals surface area contributed by atoms with E-state index in [1.807, 2.05) is 6.92 Å². The van der Waals surface area contributed by atoms with Gasteiger partial charge < -0.3 is 18.9 Å². The number of halogens is 1. The van der Waals surface area contributed by atoms with Gasteiger partial charge in [-0.3, -0.25) is 10.1 Å². The van der Waals surface area contributed by atoms with E-state index in [0.717, 1.165) is 12.2 Å². The number of nitro groups is 1. The summed E-state index contributed by atoms with van der Waals surface area (Å²) in [7, 11) is 0. The first-order valence-corrected chi connectivity index (χ1v) is 11.6. The van der Waals surface area contributed by atoms with E-state index in [9.17, 15) is 14.9 Å². The molecule has 13 heteroatoms. The van der Waals surface area contributed by atoms with Crippen LogP contribution in [0.15, 0.2) is 10.1 Å². The fraction of sp³-hybridized carbons (Fsp3) is 0.684. The molecular weight excluding hydrogens is 464 g/mol. The van der Waals surface area contributed by atoms with Crippen molar-refractivity contribution in [2.45, 2.75) is 69.8 Å². The van der Waals surface area contributed by atoms with E-state index in [2.05, 4.69) is 15.0 Å². The van der Waals surface area contributed by atoms with E-state index in [1.54, 1.807) is 20.8 Å². The number of thioether (sulfide) groups is 1. The average Bonchev–Trinajstić information content (AvgIpc) is 3.18. The zero-order chi connectivity index (χ0) is 23.5. The maximum atomic E-state index is 11.7. The lowest BCUT2D eigenvalue weighted by Gasteiger charge is -2.21. The highest BCUT2D eigenvalue weighted by atomic mass is 35.5. The Kier molecular flexibility index (Phi) is 8.04. The Hall–Kier alpha value is -1.86. The molecule has 0 amide bonds. The standard InChI is InChI=1S/C19H25ClN4O7S/c1-5-7-32-18-22-16(20)13(24(26)27)17(23-18)21-10-8-11(29-9-12(25)28-6-2)15-14(10)30-19(3,4)31-15/h11,14-15H,5-9H2,1-4H3/b21-10+/t11-,14-,15+/m0/s1. The smallest absolute Gasteiger partial charge is 0.350 e. The highest BCUT2D eigenvalue weighted by Crippen LogP contribution is 2.41. The van der Waals surface area contributed by atoms with Crippen LogP contribution in [0, 0.1) is 10.1 Å². The van der Waals surface area contributed by atoms with Gasteiger partial charge >= 0.3 is 11.7 Å². The second-order valence-corrected chi connectivity index (χ2v) is 8.98. The molecule has 2 fully saturated rings. The molecule has 0 aromatic carbocycles. The molecule has 0 spiro atoms. The SMILES string of the molecule is CCCSc1nc(Cl)c([N+](=O)[O-])c(/N=C2\C[C@H](OCC(=O)OCC)[C@H]3OC(C)(C)O[C@@H]23)n1. The Bertz CT molecular complexity index is 914. The predicted molar refractivity (Wildman–Crippen MR) is 117 cm³/mol. The molecule has 0 N–H and O–H groups in total. The Balaban J connectivity index is 1.93. The van der Waals surface area contributed by atoms with E-state index < -0.39 is 40.7 Å². The minimum absolute atomic E-state index is 0.151. The quantitative estimate of drug-likeness (QED) is 0.127. The minimum atomic E-state index is -0.917. The van der Waals surface area contributed by atoms with Gasteiger partial charge in [-0.25, -0.2) is 14.8 Å². The Morgan fingerprint density at radius 2 is 2.12 bits per heavy atom. The fourth-order valence-electron chi connectivity index (χ4n) is 3.42. The van der Waals surface area contributed by atoms with Crippen LogP contribution in [0.1, 0.15) is 40.5 Å². The van der Waals surface area contributed by atoms with Crippen molar-refractivity contribution < 1.29 is 28.7 Å². The maximum Gasteiger partial charge on any atom is 0.350 e. The number of rotatable bonds is 9. The summed E-state index contributed by atoms with van der Waals surface area (Å²) >= 11 is 7.42. The van der Waals surface area contributed by atoms with Crippen molar-refractivity contribution in [2.24, 2.45) is 4.99 Å². The number of aromatic nitrogens is 2. The molecule has 32 heavy (non-hydrogen) atoms. The summed E-state index contributed by atoms with van der Waals surface area (Å²) in [6.07, 6.45) is -0.590. The molecule has 11 nitrogen and oxygen atoms in total. The van der Waals surface area contributed by atoms with Crippen molar-refractivity contribution in [1.29, 1.82) is 0 Å². The van der Waals surface area contributed by atoms with Gasteiger partial charge in [0, 0.05) is 12.2 Å². The van der Waals surface area contributed by atoms with Gasteiger partial charge in [-0.15, -0.1) is 0 Å². The van der Waals surface area contributed by atoms with Gasteiger partial charge in [-0.05, 0) is 27.2 Å². The van der Waals surface area contributed by atoms with Crippen LogP contribution >= 0.6 is 23.4 Å². The van der Waals surface area contributed by atoms with Crippen molar-refractivity contribution in [1.82, 2.24) is 9.97 Å². The van der Waals surface area contributed by atoms with Gasteiger partial charge in [0.05, 0.1) is 23.3 Å². The monoisotopic (exact) mass is 488 g/mol. The van der Waals surface area contributed by atoms with E-state index in [1.165, 1.54) is 11.8 Å².